The van der Waals surface area contributed by atoms with Gasteiger partial charge in [0.2, 0.25) is 0 Å². The number of aliphatic imine (C=N–C) groups is 1. The molecule has 4 nitrogen and oxygen atoms in total. The summed E-state index contributed by atoms with van der Waals surface area (Å²) in [6, 6.07) is 13.5. The summed E-state index contributed by atoms with van der Waals surface area (Å²) in [5.74, 6) is -0.371. The van der Waals surface area contributed by atoms with E-state index in [2.05, 4.69) is 38.1 Å². The summed E-state index contributed by atoms with van der Waals surface area (Å²) < 4.78 is 53.4. The zero-order chi connectivity index (χ0) is 22.5. The Morgan fingerprint density at radius 2 is 1.73 bits per heavy atom. The number of benzene rings is 2. The molecule has 0 aromatic heterocycles. The van der Waals surface area contributed by atoms with Crippen molar-refractivity contribution in [1.29, 1.82) is 0 Å². The van der Waals surface area contributed by atoms with Crippen molar-refractivity contribution in [3.8, 4) is 0 Å². The van der Waals surface area contributed by atoms with Gasteiger partial charge in [0, 0.05) is 21.2 Å². The van der Waals surface area contributed by atoms with Gasteiger partial charge in [0.15, 0.2) is 0 Å². The monoisotopic (exact) mass is 499 g/mol. The Labute approximate surface area is 182 Å². The van der Waals surface area contributed by atoms with Crippen molar-refractivity contribution in [2.75, 3.05) is 24.0 Å². The largest absolute Gasteiger partial charge is 0.419 e. The molecule has 2 aromatic rings. The van der Waals surface area contributed by atoms with Crippen molar-refractivity contribution in [1.82, 2.24) is 0 Å². The van der Waals surface area contributed by atoms with Gasteiger partial charge >= 0.3 is 6.18 Å². The lowest BCUT2D eigenvalue weighted by Crippen LogP contribution is -2.26. The lowest BCUT2D eigenvalue weighted by atomic mass is 10.2. The first kappa shape index (κ1) is 24.0. The maximum Gasteiger partial charge on any atom is 0.419 e. The van der Waals surface area contributed by atoms with E-state index in [1.807, 2.05) is 0 Å². The van der Waals surface area contributed by atoms with Gasteiger partial charge in [0.1, 0.15) is 18.8 Å². The number of alkyl halides is 3. The molecule has 0 heterocycles. The second kappa shape index (κ2) is 9.67. The quantitative estimate of drug-likeness (QED) is 0.267. The van der Waals surface area contributed by atoms with Crippen LogP contribution in [0.4, 0.5) is 24.5 Å². The van der Waals surface area contributed by atoms with E-state index in [0.717, 1.165) is 6.08 Å². The molecule has 0 aliphatic carbocycles. The van der Waals surface area contributed by atoms with E-state index in [0.29, 0.717) is 21.2 Å². The van der Waals surface area contributed by atoms with Gasteiger partial charge in [-0.15, -0.1) is 0 Å². The van der Waals surface area contributed by atoms with Crippen molar-refractivity contribution < 1.29 is 17.7 Å². The Bertz CT molecular complexity index is 1020. The van der Waals surface area contributed by atoms with Gasteiger partial charge in [-0.3, -0.25) is 0 Å². The molecule has 0 aliphatic rings. The maximum absolute atomic E-state index is 13.5. The van der Waals surface area contributed by atoms with E-state index >= 15 is 0 Å². The number of nitrogens with one attached hydrogen (secondary N) is 2. The van der Waals surface area contributed by atoms with Gasteiger partial charge < -0.3 is 15.2 Å². The molecule has 0 unspecified atom stereocenters. The first-order valence-corrected chi connectivity index (χ1v) is 12.3. The maximum atomic E-state index is 13.5. The van der Waals surface area contributed by atoms with Crippen molar-refractivity contribution >= 4 is 45.6 Å². The summed E-state index contributed by atoms with van der Waals surface area (Å²) in [4.78, 5) is 4.05. The molecule has 0 fully saturated rings. The van der Waals surface area contributed by atoms with E-state index in [4.69, 9.17) is 0 Å². The smallest absolute Gasteiger partial charge is 0.341 e. The molecule has 0 bridgehead atoms. The van der Waals surface area contributed by atoms with Crippen LogP contribution in [0.2, 0.25) is 0 Å². The highest BCUT2D eigenvalue weighted by atomic mass is 79.9. The number of amidine groups is 1. The molecule has 9 heteroatoms. The summed E-state index contributed by atoms with van der Waals surface area (Å²) in [7, 11) is -2.40. The number of allylic oxidation sites excluding steroid dienone is 1. The predicted molar refractivity (Wildman–Crippen MR) is 123 cm³/mol. The Kier molecular flexibility index (Phi) is 7.72. The third kappa shape index (κ3) is 6.89. The lowest BCUT2D eigenvalue weighted by molar-refractivity contribution is -0.0861. The number of hydrogen-bond acceptors (Lipinski definition) is 3. The second-order valence-electron chi connectivity index (χ2n) is 6.77. The predicted octanol–water partition coefficient (Wildman–Crippen LogP) is 6.60. The Balaban J connectivity index is 2.32. The van der Waals surface area contributed by atoms with Crippen LogP contribution in [0.3, 0.4) is 0 Å². The van der Waals surface area contributed by atoms with Crippen LogP contribution in [0, 0.1) is 0 Å². The molecule has 0 spiro atoms. The van der Waals surface area contributed by atoms with Crippen LogP contribution < -0.4 is 15.9 Å². The topological polar surface area (TPSA) is 53.5 Å². The van der Waals surface area contributed by atoms with Gasteiger partial charge in [-0.2, -0.15) is 13.2 Å². The zero-order valence-corrected chi connectivity index (χ0v) is 19.2. The van der Waals surface area contributed by atoms with Crippen LogP contribution in [0.5, 0.6) is 0 Å². The average Bonchev–Trinajstić information content (AvgIpc) is 2.60. The van der Waals surface area contributed by atoms with E-state index in [-0.39, 0.29) is 11.7 Å². The molecule has 0 amide bonds. The molecular weight excluding hydrogens is 478 g/mol. The number of nitrogens with zero attached hydrogens (tertiary/aromatic N) is 1. The summed E-state index contributed by atoms with van der Waals surface area (Å²) >= 11 is 3.29. The first-order chi connectivity index (χ1) is 13.9. The van der Waals surface area contributed by atoms with E-state index in [1.54, 1.807) is 61.9 Å². The number of anilines is 2. The van der Waals surface area contributed by atoms with Crippen LogP contribution in [-0.2, 0) is 4.57 Å². The molecule has 0 radical (unpaired) electrons. The summed E-state index contributed by atoms with van der Waals surface area (Å²) in [6.45, 7) is 8.34. The summed E-state index contributed by atoms with van der Waals surface area (Å²) in [6.07, 6.45) is -3.65. The highest BCUT2D eigenvalue weighted by Crippen LogP contribution is 2.34. The van der Waals surface area contributed by atoms with Gasteiger partial charge in [-0.25, -0.2) is 4.99 Å². The van der Waals surface area contributed by atoms with Crippen LogP contribution in [0.25, 0.3) is 0 Å². The molecule has 2 N–H and O–H groups in total. The number of rotatable bonds is 6. The lowest BCUT2D eigenvalue weighted by Gasteiger charge is -2.17. The minimum atomic E-state index is -4.60. The van der Waals surface area contributed by atoms with E-state index in [1.165, 1.54) is 6.92 Å². The fraction of sp³-hybridized carbons (Fsp3) is 0.190. The third-order valence-electron chi connectivity index (χ3n) is 3.96. The highest BCUT2D eigenvalue weighted by molar-refractivity contribution is 9.10. The van der Waals surface area contributed by atoms with Gasteiger partial charge in [0.25, 0.3) is 0 Å². The number of hydrogen-bond donors (Lipinski definition) is 2. The van der Waals surface area contributed by atoms with Crippen LogP contribution in [0.1, 0.15) is 6.92 Å². The average molecular weight is 500 g/mol. The van der Waals surface area contributed by atoms with Crippen molar-refractivity contribution in [2.24, 2.45) is 4.99 Å². The molecular formula is C21H22BrF3N3OP. The van der Waals surface area contributed by atoms with Crippen LogP contribution in [-0.4, -0.2) is 25.3 Å². The standard InChI is InChI=1S/C21H22BrF3N3OP/c1-5-19(21(23,24)25)20(28-17-8-6-7-15(22)13-17)27-14(2)26-16-9-11-18(12-10-16)30(3,4)29/h5-13,26H,2H2,1,3-4H3,(H,27,28)/b19-5+. The Morgan fingerprint density at radius 1 is 1.10 bits per heavy atom. The first-order valence-electron chi connectivity index (χ1n) is 8.87. The van der Waals surface area contributed by atoms with Crippen molar-refractivity contribution in [3.63, 3.8) is 0 Å². The molecule has 0 aliphatic heterocycles. The van der Waals surface area contributed by atoms with Crippen LogP contribution >= 0.6 is 23.1 Å². The number of halogens is 4. The van der Waals surface area contributed by atoms with Crippen molar-refractivity contribution in [2.45, 2.75) is 13.1 Å². The second-order valence-corrected chi connectivity index (χ2v) is 10.9. The molecule has 0 saturated heterocycles. The molecule has 0 saturated carbocycles. The molecule has 0 atom stereocenters. The SMILES string of the molecule is C=C(/N=C(Nc1cccc(Br)c1)\C(=C/C)C(F)(F)F)Nc1ccc(P(C)(C)=O)cc1. The van der Waals surface area contributed by atoms with Crippen LogP contribution in [0.15, 0.2) is 82.0 Å². The van der Waals surface area contributed by atoms with E-state index in [9.17, 15) is 17.7 Å². The third-order valence-corrected chi connectivity index (χ3v) is 6.00. The summed E-state index contributed by atoms with van der Waals surface area (Å²) in [5, 5.41) is 6.28. The normalized spacial score (nSPS) is 13.2. The minimum absolute atomic E-state index is 0.0139. The van der Waals surface area contributed by atoms with Crippen molar-refractivity contribution in [3.05, 3.63) is 77.1 Å². The highest BCUT2D eigenvalue weighted by Gasteiger charge is 2.36. The summed E-state index contributed by atoms with van der Waals surface area (Å²) in [5.41, 5.74) is 0.0843. The van der Waals surface area contributed by atoms with E-state index < -0.39 is 18.9 Å². The zero-order valence-electron chi connectivity index (χ0n) is 16.7. The Hall–Kier alpha value is -2.31. The molecule has 30 heavy (non-hydrogen) atoms. The fourth-order valence-corrected chi connectivity index (χ4v) is 3.79. The molecule has 160 valence electrons. The molecule has 2 aromatic carbocycles. The van der Waals surface area contributed by atoms with Gasteiger partial charge in [-0.1, -0.05) is 34.7 Å². The molecule has 2 rings (SSSR count). The van der Waals surface area contributed by atoms with Gasteiger partial charge in [-0.05, 0) is 62.7 Å². The minimum Gasteiger partial charge on any atom is -0.341 e. The Morgan fingerprint density at radius 3 is 2.23 bits per heavy atom. The van der Waals surface area contributed by atoms with Gasteiger partial charge in [0.05, 0.1) is 5.57 Å². The fourth-order valence-electron chi connectivity index (χ4n) is 2.53.